The Kier molecular flexibility index (Phi) is 8.05. The van der Waals surface area contributed by atoms with Gasteiger partial charge in [-0.1, -0.05) is 24.3 Å². The van der Waals surface area contributed by atoms with Crippen LogP contribution < -0.4 is 9.62 Å². The molecule has 0 saturated carbocycles. The number of sulfonamides is 1. The number of carboxylic acid groups (broad SMARTS) is 1. The standard InChI is InChI=1S/C26H25F3N2O6S2/c27-26(28,29)23-10-9-22(38(34,35)21-7-2-1-3-8-21)16-24(23)39(36,37)30-17-18-11-13-31(14-12-18)20-6-4-5-19(15-20)25(32)33/h1-10,15-16,18,30H,11-14,17H2,(H,32,33). The quantitative estimate of drug-likeness (QED) is 0.403. The molecule has 39 heavy (non-hydrogen) atoms. The highest BCUT2D eigenvalue weighted by Gasteiger charge is 2.38. The van der Waals surface area contributed by atoms with Crippen LogP contribution in [-0.2, 0) is 26.0 Å². The van der Waals surface area contributed by atoms with Crippen molar-refractivity contribution in [3.63, 3.8) is 0 Å². The van der Waals surface area contributed by atoms with E-state index in [1.165, 1.54) is 30.3 Å². The predicted molar refractivity (Wildman–Crippen MR) is 137 cm³/mol. The first-order valence-corrected chi connectivity index (χ1v) is 14.8. The van der Waals surface area contributed by atoms with Crippen LogP contribution in [0.15, 0.2) is 87.5 Å². The van der Waals surface area contributed by atoms with E-state index in [4.69, 9.17) is 0 Å². The number of benzene rings is 3. The summed E-state index contributed by atoms with van der Waals surface area (Å²) in [4.78, 5) is 11.3. The molecule has 1 aliphatic heterocycles. The number of nitrogens with one attached hydrogen (secondary N) is 1. The van der Waals surface area contributed by atoms with Crippen LogP contribution in [-0.4, -0.2) is 47.5 Å². The third-order valence-corrected chi connectivity index (χ3v) is 9.78. The fraction of sp³-hybridized carbons (Fsp3) is 0.269. The van der Waals surface area contributed by atoms with E-state index in [9.17, 15) is 39.9 Å². The number of hydrogen-bond donors (Lipinski definition) is 2. The minimum atomic E-state index is -5.03. The van der Waals surface area contributed by atoms with Gasteiger partial charge in [-0.2, -0.15) is 13.2 Å². The van der Waals surface area contributed by atoms with Crippen molar-refractivity contribution in [2.45, 2.75) is 33.7 Å². The van der Waals surface area contributed by atoms with Gasteiger partial charge in [0.2, 0.25) is 19.9 Å². The van der Waals surface area contributed by atoms with Crippen molar-refractivity contribution in [2.24, 2.45) is 5.92 Å². The molecular formula is C26H25F3N2O6S2. The van der Waals surface area contributed by atoms with Gasteiger partial charge in [0.05, 0.1) is 25.8 Å². The minimum Gasteiger partial charge on any atom is -0.478 e. The minimum absolute atomic E-state index is 0.138. The molecule has 0 bridgehead atoms. The number of aromatic carboxylic acids is 1. The summed E-state index contributed by atoms with van der Waals surface area (Å²) in [6.07, 6.45) is -4.02. The van der Waals surface area contributed by atoms with Crippen LogP contribution >= 0.6 is 0 Å². The van der Waals surface area contributed by atoms with Gasteiger partial charge in [0.1, 0.15) is 0 Å². The average molecular weight is 583 g/mol. The highest BCUT2D eigenvalue weighted by molar-refractivity contribution is 7.91. The van der Waals surface area contributed by atoms with Crippen LogP contribution in [0.25, 0.3) is 0 Å². The first kappa shape index (κ1) is 28.6. The van der Waals surface area contributed by atoms with Gasteiger partial charge in [-0.15, -0.1) is 0 Å². The molecule has 3 aromatic rings. The van der Waals surface area contributed by atoms with E-state index in [0.717, 1.165) is 6.07 Å². The maximum atomic E-state index is 13.7. The Labute approximate surface area is 224 Å². The normalized spacial score (nSPS) is 15.3. The number of nitrogens with zero attached hydrogens (tertiary/aromatic N) is 1. The molecule has 2 N–H and O–H groups in total. The number of rotatable bonds is 8. The Morgan fingerprint density at radius 1 is 0.897 bits per heavy atom. The lowest BCUT2D eigenvalue weighted by Gasteiger charge is -2.33. The summed E-state index contributed by atoms with van der Waals surface area (Å²) < 4.78 is 95.5. The molecule has 8 nitrogen and oxygen atoms in total. The molecule has 1 saturated heterocycles. The maximum Gasteiger partial charge on any atom is 0.417 e. The summed E-state index contributed by atoms with van der Waals surface area (Å²) in [5.41, 5.74) is -0.616. The van der Waals surface area contributed by atoms with E-state index in [2.05, 4.69) is 4.72 Å². The highest BCUT2D eigenvalue weighted by atomic mass is 32.2. The average Bonchev–Trinajstić information content (AvgIpc) is 2.92. The Bertz CT molecular complexity index is 1570. The number of hydrogen-bond acceptors (Lipinski definition) is 6. The first-order valence-electron chi connectivity index (χ1n) is 11.9. The summed E-state index contributed by atoms with van der Waals surface area (Å²) in [6.45, 7) is 0.848. The Morgan fingerprint density at radius 2 is 1.56 bits per heavy atom. The zero-order valence-electron chi connectivity index (χ0n) is 20.4. The van der Waals surface area contributed by atoms with Crippen molar-refractivity contribution < 1.29 is 39.9 Å². The number of sulfone groups is 1. The largest absolute Gasteiger partial charge is 0.478 e. The molecule has 1 aliphatic rings. The van der Waals surface area contributed by atoms with E-state index < -0.39 is 47.4 Å². The topological polar surface area (TPSA) is 121 Å². The van der Waals surface area contributed by atoms with Gasteiger partial charge >= 0.3 is 12.1 Å². The monoisotopic (exact) mass is 582 g/mol. The first-order chi connectivity index (χ1) is 18.3. The van der Waals surface area contributed by atoms with Crippen molar-refractivity contribution in [1.29, 1.82) is 0 Å². The number of alkyl halides is 3. The zero-order chi connectivity index (χ0) is 28.4. The molecule has 1 heterocycles. The molecule has 0 amide bonds. The SMILES string of the molecule is O=C(O)c1cccc(N2CCC(CNS(=O)(=O)c3cc(S(=O)(=O)c4ccccc4)ccc3C(F)(F)F)CC2)c1. The molecule has 0 spiro atoms. The molecule has 0 radical (unpaired) electrons. The van der Waals surface area contributed by atoms with Gasteiger partial charge in [-0.25, -0.2) is 26.4 Å². The van der Waals surface area contributed by atoms with Crippen LogP contribution in [0.5, 0.6) is 0 Å². The molecule has 0 unspecified atom stereocenters. The van der Waals surface area contributed by atoms with Crippen molar-refractivity contribution in [3.05, 3.63) is 83.9 Å². The van der Waals surface area contributed by atoms with E-state index in [0.29, 0.717) is 43.8 Å². The second kappa shape index (κ2) is 11.0. The fourth-order valence-corrected chi connectivity index (χ4v) is 7.15. The summed E-state index contributed by atoms with van der Waals surface area (Å²) in [5.74, 6) is -1.25. The van der Waals surface area contributed by atoms with E-state index in [1.807, 2.05) is 4.90 Å². The summed E-state index contributed by atoms with van der Waals surface area (Å²) in [6, 6.07) is 15.2. The molecule has 3 aromatic carbocycles. The fourth-order valence-electron chi connectivity index (χ4n) is 4.40. The van der Waals surface area contributed by atoms with E-state index >= 15 is 0 Å². The molecule has 4 rings (SSSR count). The highest BCUT2D eigenvalue weighted by Crippen LogP contribution is 2.36. The van der Waals surface area contributed by atoms with E-state index in [-0.39, 0.29) is 22.9 Å². The summed E-state index contributed by atoms with van der Waals surface area (Å²) >= 11 is 0. The van der Waals surface area contributed by atoms with Gasteiger partial charge in [-0.05, 0) is 67.3 Å². The Balaban J connectivity index is 1.52. The number of carboxylic acids is 1. The van der Waals surface area contributed by atoms with Gasteiger partial charge in [0.15, 0.2) is 0 Å². The van der Waals surface area contributed by atoms with Crippen LogP contribution in [0.3, 0.4) is 0 Å². The zero-order valence-corrected chi connectivity index (χ0v) is 22.1. The van der Waals surface area contributed by atoms with Crippen LogP contribution in [0.2, 0.25) is 0 Å². The molecule has 0 aliphatic carbocycles. The van der Waals surface area contributed by atoms with E-state index in [1.54, 1.807) is 24.3 Å². The second-order valence-corrected chi connectivity index (χ2v) is 12.8. The van der Waals surface area contributed by atoms with Crippen molar-refractivity contribution in [1.82, 2.24) is 4.72 Å². The molecule has 208 valence electrons. The molecule has 13 heteroatoms. The predicted octanol–water partition coefficient (Wildman–Crippen LogP) is 4.43. The van der Waals surface area contributed by atoms with Crippen molar-refractivity contribution in [3.8, 4) is 0 Å². The van der Waals surface area contributed by atoms with Crippen LogP contribution in [0.1, 0.15) is 28.8 Å². The number of halogens is 3. The van der Waals surface area contributed by atoms with Gasteiger partial charge in [-0.3, -0.25) is 0 Å². The third kappa shape index (κ3) is 6.43. The Hall–Kier alpha value is -3.42. The second-order valence-electron chi connectivity index (χ2n) is 9.11. The Morgan fingerprint density at radius 3 is 2.18 bits per heavy atom. The number of piperidine rings is 1. The summed E-state index contributed by atoms with van der Waals surface area (Å²) in [7, 11) is -8.99. The van der Waals surface area contributed by atoms with Crippen molar-refractivity contribution >= 4 is 31.5 Å². The molecular weight excluding hydrogens is 557 g/mol. The lowest BCUT2D eigenvalue weighted by atomic mass is 9.96. The van der Waals surface area contributed by atoms with Gasteiger partial charge in [0, 0.05) is 25.3 Å². The lowest BCUT2D eigenvalue weighted by Crippen LogP contribution is -2.39. The number of carbonyl (C=O) groups is 1. The molecule has 1 fully saturated rings. The third-order valence-electron chi connectivity index (χ3n) is 6.55. The van der Waals surface area contributed by atoms with Crippen LogP contribution in [0, 0.1) is 5.92 Å². The van der Waals surface area contributed by atoms with Crippen molar-refractivity contribution in [2.75, 3.05) is 24.5 Å². The smallest absolute Gasteiger partial charge is 0.417 e. The summed E-state index contributed by atoms with van der Waals surface area (Å²) in [5, 5.41) is 9.19. The van der Waals surface area contributed by atoms with Crippen LogP contribution in [0.4, 0.5) is 18.9 Å². The lowest BCUT2D eigenvalue weighted by molar-refractivity contribution is -0.139. The molecule has 0 aromatic heterocycles. The van der Waals surface area contributed by atoms with Gasteiger partial charge in [0.25, 0.3) is 0 Å². The number of anilines is 1. The maximum absolute atomic E-state index is 13.7. The molecule has 0 atom stereocenters. The van der Waals surface area contributed by atoms with Gasteiger partial charge < -0.3 is 10.0 Å².